The number of Topliss-reactive ketones (excluding diaryl/α,β-unsaturated/α-hetero) is 1. The van der Waals surface area contributed by atoms with E-state index in [0.717, 1.165) is 11.8 Å². The Kier molecular flexibility index (Phi) is 7.64. The summed E-state index contributed by atoms with van der Waals surface area (Å²) >= 11 is 1.10. The zero-order valence-corrected chi connectivity index (χ0v) is 19.2. The van der Waals surface area contributed by atoms with Gasteiger partial charge in [-0.05, 0) is 49.7 Å². The number of rotatable bonds is 8. The van der Waals surface area contributed by atoms with Crippen LogP contribution in [-0.4, -0.2) is 34.0 Å². The molecule has 3 rings (SSSR count). The first-order valence-corrected chi connectivity index (χ1v) is 11.0. The normalized spacial score (nSPS) is 11.3. The maximum atomic E-state index is 12.8. The predicted molar refractivity (Wildman–Crippen MR) is 127 cm³/mol. The summed E-state index contributed by atoms with van der Waals surface area (Å²) in [7, 11) is 1.52. The number of methoxy groups -OCH3 is 1. The van der Waals surface area contributed by atoms with Crippen molar-refractivity contribution < 1.29 is 14.3 Å². The van der Waals surface area contributed by atoms with Crippen LogP contribution in [-0.2, 0) is 4.79 Å². The number of thioether (sulfide) groups is 1. The minimum atomic E-state index is -0.581. The number of nitrogens with zero attached hydrogens (tertiary/aromatic N) is 2. The fourth-order valence-corrected chi connectivity index (χ4v) is 3.96. The first kappa shape index (κ1) is 23.8. The first-order chi connectivity index (χ1) is 15.9. The lowest BCUT2D eigenvalue weighted by atomic mass is 10.1. The van der Waals surface area contributed by atoms with Gasteiger partial charge in [0.25, 0.3) is 5.56 Å². The van der Waals surface area contributed by atoms with Crippen LogP contribution < -0.4 is 15.6 Å². The molecule has 1 aromatic heterocycles. The lowest BCUT2D eigenvalue weighted by Crippen LogP contribution is -2.25. The molecule has 0 fully saturated rings. The summed E-state index contributed by atoms with van der Waals surface area (Å²) < 4.78 is 5.23. The van der Waals surface area contributed by atoms with Crippen molar-refractivity contribution in [2.24, 2.45) is 0 Å². The molecular formula is C24H22N4O4S. The van der Waals surface area contributed by atoms with Gasteiger partial charge in [-0.25, -0.2) is 4.98 Å². The molecule has 33 heavy (non-hydrogen) atoms. The number of ketones is 1. The van der Waals surface area contributed by atoms with Crippen molar-refractivity contribution in [1.29, 1.82) is 5.26 Å². The summed E-state index contributed by atoms with van der Waals surface area (Å²) in [5.41, 5.74) is 1.19. The molecule has 0 saturated heterocycles. The summed E-state index contributed by atoms with van der Waals surface area (Å²) in [4.78, 5) is 43.9. The van der Waals surface area contributed by atoms with Gasteiger partial charge in [0.1, 0.15) is 17.4 Å². The van der Waals surface area contributed by atoms with E-state index in [0.29, 0.717) is 29.0 Å². The SMILES string of the molecule is CCC(Sc1nc(-c2cccc(OC)c2)c(C#N)c(=O)[nH]1)C(=O)Nc1ccc(C(C)=O)cc1. The number of H-pyrrole nitrogens is 1. The van der Waals surface area contributed by atoms with Crippen LogP contribution in [0, 0.1) is 11.3 Å². The summed E-state index contributed by atoms with van der Waals surface area (Å²) in [6, 6.07) is 15.4. The zero-order valence-electron chi connectivity index (χ0n) is 18.3. The molecule has 1 heterocycles. The molecule has 0 radical (unpaired) electrons. The number of anilines is 1. The molecule has 2 aromatic carbocycles. The molecular weight excluding hydrogens is 440 g/mol. The number of hydrogen-bond donors (Lipinski definition) is 2. The number of carbonyl (C=O) groups is 2. The van der Waals surface area contributed by atoms with Gasteiger partial charge >= 0.3 is 0 Å². The van der Waals surface area contributed by atoms with E-state index < -0.39 is 10.8 Å². The number of amides is 1. The van der Waals surface area contributed by atoms with Gasteiger partial charge in [-0.1, -0.05) is 30.8 Å². The van der Waals surface area contributed by atoms with Gasteiger partial charge in [0.05, 0.1) is 18.1 Å². The number of nitrogens with one attached hydrogen (secondary N) is 2. The molecule has 1 unspecified atom stereocenters. The highest BCUT2D eigenvalue weighted by Crippen LogP contribution is 2.28. The van der Waals surface area contributed by atoms with Crippen molar-refractivity contribution in [1.82, 2.24) is 9.97 Å². The summed E-state index contributed by atoms with van der Waals surface area (Å²) in [5, 5.41) is 12.0. The Bertz CT molecular complexity index is 1280. The predicted octanol–water partition coefficient (Wildman–Crippen LogP) is 4.03. The second-order valence-electron chi connectivity index (χ2n) is 7.08. The van der Waals surface area contributed by atoms with Crippen LogP contribution in [0.1, 0.15) is 36.2 Å². The third kappa shape index (κ3) is 5.67. The maximum absolute atomic E-state index is 12.8. The fraction of sp³-hybridized carbons (Fsp3) is 0.208. The lowest BCUT2D eigenvalue weighted by molar-refractivity contribution is -0.115. The fourth-order valence-electron chi connectivity index (χ4n) is 3.06. The minimum absolute atomic E-state index is 0.0578. The Morgan fingerprint density at radius 2 is 1.97 bits per heavy atom. The largest absolute Gasteiger partial charge is 0.497 e. The molecule has 2 N–H and O–H groups in total. The molecule has 9 heteroatoms. The Hall–Kier alpha value is -3.90. The molecule has 0 saturated carbocycles. The number of benzene rings is 2. The quantitative estimate of drug-likeness (QED) is 0.294. The first-order valence-electron chi connectivity index (χ1n) is 10.1. The number of hydrogen-bond acceptors (Lipinski definition) is 7. The number of ether oxygens (including phenoxy) is 1. The van der Waals surface area contributed by atoms with Crippen LogP contribution in [0.15, 0.2) is 58.5 Å². The van der Waals surface area contributed by atoms with Gasteiger partial charge in [0, 0.05) is 16.8 Å². The van der Waals surface area contributed by atoms with Crippen molar-refractivity contribution >= 4 is 29.1 Å². The van der Waals surface area contributed by atoms with Crippen molar-refractivity contribution in [3.05, 3.63) is 70.0 Å². The van der Waals surface area contributed by atoms with E-state index in [1.165, 1.54) is 14.0 Å². The van der Waals surface area contributed by atoms with Gasteiger partial charge in [0.15, 0.2) is 10.9 Å². The van der Waals surface area contributed by atoms with Gasteiger partial charge in [-0.2, -0.15) is 5.26 Å². The van der Waals surface area contributed by atoms with Gasteiger partial charge in [-0.3, -0.25) is 14.4 Å². The summed E-state index contributed by atoms with van der Waals surface area (Å²) in [6.45, 7) is 3.32. The Morgan fingerprint density at radius 1 is 1.24 bits per heavy atom. The lowest BCUT2D eigenvalue weighted by Gasteiger charge is -2.15. The summed E-state index contributed by atoms with van der Waals surface area (Å²) in [5.74, 6) is 0.236. The number of nitriles is 1. The van der Waals surface area contributed by atoms with E-state index in [-0.39, 0.29) is 28.1 Å². The van der Waals surface area contributed by atoms with E-state index in [2.05, 4.69) is 15.3 Å². The van der Waals surface area contributed by atoms with Crippen LogP contribution in [0.3, 0.4) is 0 Å². The van der Waals surface area contributed by atoms with Crippen LogP contribution in [0.2, 0.25) is 0 Å². The second kappa shape index (κ2) is 10.6. The van der Waals surface area contributed by atoms with Crippen LogP contribution in [0.4, 0.5) is 5.69 Å². The highest BCUT2D eigenvalue weighted by Gasteiger charge is 2.22. The second-order valence-corrected chi connectivity index (χ2v) is 8.27. The van der Waals surface area contributed by atoms with Crippen LogP contribution >= 0.6 is 11.8 Å². The van der Waals surface area contributed by atoms with Crippen molar-refractivity contribution in [3.63, 3.8) is 0 Å². The molecule has 1 atom stereocenters. The smallest absolute Gasteiger partial charge is 0.270 e. The molecule has 0 aliphatic rings. The van der Waals surface area contributed by atoms with Crippen molar-refractivity contribution in [2.45, 2.75) is 30.7 Å². The average Bonchev–Trinajstić information content (AvgIpc) is 2.82. The highest BCUT2D eigenvalue weighted by molar-refractivity contribution is 8.00. The standard InChI is InChI=1S/C24H22N4O4S/c1-4-20(23(31)26-17-10-8-15(9-11-17)14(2)29)33-24-27-21(19(13-25)22(30)28-24)16-6-5-7-18(12-16)32-3/h5-12,20H,4H2,1-3H3,(H,26,31)(H,27,28,30). The Labute approximate surface area is 195 Å². The number of aromatic nitrogens is 2. The Balaban J connectivity index is 1.86. The molecule has 0 spiro atoms. The molecule has 8 nitrogen and oxygen atoms in total. The van der Waals surface area contributed by atoms with Crippen LogP contribution in [0.25, 0.3) is 11.3 Å². The maximum Gasteiger partial charge on any atom is 0.270 e. The van der Waals surface area contributed by atoms with Crippen molar-refractivity contribution in [2.75, 3.05) is 12.4 Å². The van der Waals surface area contributed by atoms with Crippen LogP contribution in [0.5, 0.6) is 5.75 Å². The van der Waals surface area contributed by atoms with E-state index in [1.807, 2.05) is 13.0 Å². The van der Waals surface area contributed by atoms with E-state index >= 15 is 0 Å². The highest BCUT2D eigenvalue weighted by atomic mass is 32.2. The van der Waals surface area contributed by atoms with E-state index in [1.54, 1.807) is 48.5 Å². The summed E-state index contributed by atoms with van der Waals surface area (Å²) in [6.07, 6.45) is 0.472. The zero-order chi connectivity index (χ0) is 24.0. The minimum Gasteiger partial charge on any atom is -0.497 e. The molecule has 3 aromatic rings. The van der Waals surface area contributed by atoms with Gasteiger partial charge in [0.2, 0.25) is 5.91 Å². The number of carbonyl (C=O) groups excluding carboxylic acids is 2. The monoisotopic (exact) mass is 462 g/mol. The number of aromatic amines is 1. The molecule has 0 aliphatic heterocycles. The van der Waals surface area contributed by atoms with Gasteiger partial charge < -0.3 is 15.0 Å². The third-order valence-electron chi connectivity index (χ3n) is 4.83. The van der Waals surface area contributed by atoms with E-state index in [4.69, 9.17) is 4.74 Å². The average molecular weight is 463 g/mol. The molecule has 0 bridgehead atoms. The topological polar surface area (TPSA) is 125 Å². The molecule has 0 aliphatic carbocycles. The molecule has 1 amide bonds. The van der Waals surface area contributed by atoms with Crippen molar-refractivity contribution in [3.8, 4) is 23.1 Å². The van der Waals surface area contributed by atoms with E-state index in [9.17, 15) is 19.6 Å². The third-order valence-corrected chi connectivity index (χ3v) is 6.08. The Morgan fingerprint density at radius 3 is 2.58 bits per heavy atom. The van der Waals surface area contributed by atoms with Gasteiger partial charge in [-0.15, -0.1) is 0 Å². The molecule has 168 valence electrons.